The molecule has 1 aliphatic rings. The first-order chi connectivity index (χ1) is 15.3. The highest BCUT2D eigenvalue weighted by Crippen LogP contribution is 2.32. The maximum atomic E-state index is 13.3. The van der Waals surface area contributed by atoms with Crippen LogP contribution in [0.1, 0.15) is 16.7 Å². The molecule has 0 unspecified atom stereocenters. The molecule has 2 heterocycles. The number of carbonyl (C=O) groups is 2. The first kappa shape index (κ1) is 21.3. The normalized spacial score (nSPS) is 17.9. The number of anilines is 1. The van der Waals surface area contributed by atoms with Gasteiger partial charge in [-0.1, -0.05) is 29.3 Å². The van der Waals surface area contributed by atoms with Crippen molar-refractivity contribution < 1.29 is 23.5 Å². The molecule has 1 aliphatic heterocycles. The number of ether oxygens (including phenoxy) is 2. The number of carbonyl (C=O) groups excluding carboxylic acids is 2. The summed E-state index contributed by atoms with van der Waals surface area (Å²) < 4.78 is 15.6. The van der Waals surface area contributed by atoms with Crippen LogP contribution in [0, 0.1) is 19.8 Å². The molecule has 0 fully saturated rings. The van der Waals surface area contributed by atoms with Gasteiger partial charge in [0.1, 0.15) is 17.8 Å². The second-order valence-corrected chi connectivity index (χ2v) is 7.61. The monoisotopic (exact) mass is 434 g/mol. The van der Waals surface area contributed by atoms with E-state index < -0.39 is 23.9 Å². The highest BCUT2D eigenvalue weighted by Gasteiger charge is 2.49. The van der Waals surface area contributed by atoms with Crippen molar-refractivity contribution in [1.82, 2.24) is 0 Å². The number of methoxy groups -OCH3 is 2. The molecule has 1 aromatic heterocycles. The van der Waals surface area contributed by atoms with E-state index in [1.54, 1.807) is 24.3 Å². The molecule has 0 saturated carbocycles. The van der Waals surface area contributed by atoms with Crippen LogP contribution in [0.4, 0.5) is 5.69 Å². The third-order valence-corrected chi connectivity index (χ3v) is 5.49. The second kappa shape index (κ2) is 8.30. The Hall–Kier alpha value is -3.94. The van der Waals surface area contributed by atoms with Crippen LogP contribution in [0.15, 0.2) is 63.0 Å². The summed E-state index contributed by atoms with van der Waals surface area (Å²) in [4.78, 5) is 38.9. The summed E-state index contributed by atoms with van der Waals surface area (Å²) in [6, 6.07) is 11.4. The first-order valence-corrected chi connectivity index (χ1v) is 9.98. The Morgan fingerprint density at radius 3 is 2.28 bits per heavy atom. The van der Waals surface area contributed by atoms with Gasteiger partial charge in [0.2, 0.25) is 5.43 Å². The summed E-state index contributed by atoms with van der Waals surface area (Å²) in [5, 5.41) is 6.29. The summed E-state index contributed by atoms with van der Waals surface area (Å²) in [5.41, 5.74) is 2.70. The molecule has 0 bridgehead atoms. The largest absolute Gasteiger partial charge is 0.468 e. The number of nitrogens with zero attached hydrogens (tertiary/aromatic N) is 2. The number of aryl methyl sites for hydroxylation is 2. The van der Waals surface area contributed by atoms with Crippen LogP contribution in [0.5, 0.6) is 0 Å². The van der Waals surface area contributed by atoms with Gasteiger partial charge in [0.05, 0.1) is 36.6 Å². The quantitative estimate of drug-likeness (QED) is 0.582. The molecular weight excluding hydrogens is 412 g/mol. The number of hydrazone groups is 1. The molecule has 0 saturated heterocycles. The van der Waals surface area contributed by atoms with Crippen molar-refractivity contribution in [2.45, 2.75) is 19.9 Å². The fourth-order valence-corrected chi connectivity index (χ4v) is 3.81. The maximum Gasteiger partial charge on any atom is 0.332 e. The lowest BCUT2D eigenvalue weighted by molar-refractivity contribution is -0.150. The highest BCUT2D eigenvalue weighted by atomic mass is 16.5. The molecule has 32 heavy (non-hydrogen) atoms. The van der Waals surface area contributed by atoms with Gasteiger partial charge in [-0.25, -0.2) is 9.80 Å². The molecule has 8 heteroatoms. The number of benzene rings is 2. The van der Waals surface area contributed by atoms with E-state index in [-0.39, 0.29) is 16.7 Å². The minimum absolute atomic E-state index is 0.0852. The molecule has 164 valence electrons. The van der Waals surface area contributed by atoms with Crippen molar-refractivity contribution in [3.63, 3.8) is 0 Å². The number of rotatable bonds is 4. The van der Waals surface area contributed by atoms with Gasteiger partial charge in [-0.2, -0.15) is 5.10 Å². The predicted molar refractivity (Wildman–Crippen MR) is 119 cm³/mol. The van der Waals surface area contributed by atoms with E-state index in [1.807, 2.05) is 32.0 Å². The number of hydrogen-bond donors (Lipinski definition) is 0. The number of esters is 2. The van der Waals surface area contributed by atoms with Crippen molar-refractivity contribution in [3.05, 3.63) is 75.6 Å². The Morgan fingerprint density at radius 2 is 1.62 bits per heavy atom. The van der Waals surface area contributed by atoms with Gasteiger partial charge >= 0.3 is 11.9 Å². The zero-order valence-electron chi connectivity index (χ0n) is 18.1. The topological polar surface area (TPSA) is 98.4 Å². The van der Waals surface area contributed by atoms with Crippen molar-refractivity contribution in [3.8, 4) is 0 Å². The lowest BCUT2D eigenvalue weighted by atomic mass is 9.91. The Labute approximate surface area is 184 Å². The predicted octanol–water partition coefficient (Wildman–Crippen LogP) is 2.96. The fraction of sp³-hybridized carbons (Fsp3) is 0.250. The molecule has 0 N–H and O–H groups in total. The molecule has 8 nitrogen and oxygen atoms in total. The molecule has 2 aromatic carbocycles. The van der Waals surface area contributed by atoms with Crippen LogP contribution < -0.4 is 10.4 Å². The highest BCUT2D eigenvalue weighted by molar-refractivity contribution is 6.17. The van der Waals surface area contributed by atoms with Crippen molar-refractivity contribution in [1.29, 1.82) is 0 Å². The summed E-state index contributed by atoms with van der Waals surface area (Å²) in [5.74, 6) is -2.57. The molecule has 0 amide bonds. The van der Waals surface area contributed by atoms with E-state index in [2.05, 4.69) is 5.10 Å². The van der Waals surface area contributed by atoms with Gasteiger partial charge in [-0.3, -0.25) is 9.59 Å². The lowest BCUT2D eigenvalue weighted by Gasteiger charge is -2.24. The molecule has 0 aliphatic carbocycles. The zero-order valence-corrected chi connectivity index (χ0v) is 18.1. The second-order valence-electron chi connectivity index (χ2n) is 7.61. The summed E-state index contributed by atoms with van der Waals surface area (Å²) in [6.07, 6.45) is 1.27. The smallest absolute Gasteiger partial charge is 0.332 e. The summed E-state index contributed by atoms with van der Waals surface area (Å²) >= 11 is 0. The molecule has 3 aromatic rings. The molecule has 0 radical (unpaired) electrons. The van der Waals surface area contributed by atoms with Gasteiger partial charge in [0.25, 0.3) is 0 Å². The van der Waals surface area contributed by atoms with Crippen LogP contribution in [0.25, 0.3) is 11.0 Å². The lowest BCUT2D eigenvalue weighted by Crippen LogP contribution is -2.45. The van der Waals surface area contributed by atoms with Crippen molar-refractivity contribution >= 4 is 34.3 Å². The first-order valence-electron chi connectivity index (χ1n) is 9.98. The fourth-order valence-electron chi connectivity index (χ4n) is 3.81. The summed E-state index contributed by atoms with van der Waals surface area (Å²) in [6.45, 7) is 3.79. The number of hydrogen-bond acceptors (Lipinski definition) is 8. The average molecular weight is 434 g/mol. The van der Waals surface area contributed by atoms with E-state index in [0.29, 0.717) is 16.7 Å². The van der Waals surface area contributed by atoms with Gasteiger partial charge in [0, 0.05) is 0 Å². The minimum atomic E-state index is -1.18. The Balaban J connectivity index is 1.94. The Kier molecular flexibility index (Phi) is 5.52. The van der Waals surface area contributed by atoms with E-state index in [1.165, 1.54) is 25.5 Å². The van der Waals surface area contributed by atoms with Crippen molar-refractivity contribution in [2.24, 2.45) is 11.0 Å². The zero-order chi connectivity index (χ0) is 23.0. The Bertz CT molecular complexity index is 1290. The molecule has 2 atom stereocenters. The van der Waals surface area contributed by atoms with Gasteiger partial charge in [-0.15, -0.1) is 0 Å². The van der Waals surface area contributed by atoms with Gasteiger partial charge in [0.15, 0.2) is 6.04 Å². The number of fused-ring (bicyclic) bond motifs is 1. The summed E-state index contributed by atoms with van der Waals surface area (Å²) in [7, 11) is 2.45. The minimum Gasteiger partial charge on any atom is -0.468 e. The van der Waals surface area contributed by atoms with E-state index >= 15 is 0 Å². The molecule has 4 rings (SSSR count). The molecule has 0 spiro atoms. The van der Waals surface area contributed by atoms with Crippen LogP contribution in [-0.4, -0.2) is 37.9 Å². The third kappa shape index (κ3) is 3.53. The van der Waals surface area contributed by atoms with Gasteiger partial charge in [-0.05, 0) is 38.1 Å². The van der Waals surface area contributed by atoms with E-state index in [0.717, 1.165) is 11.1 Å². The standard InChI is InChI=1S/C24H22N2O6/c1-13-5-8-15(9-6-13)26-21(24(29)31-4)19(23(28)30-3)20(25-26)17-12-32-18-10-7-14(2)11-16(18)22(17)27/h5-12,19,21H,1-4H3/t19-,21-/m0/s1. The van der Waals surface area contributed by atoms with Crippen LogP contribution in [0.2, 0.25) is 0 Å². The third-order valence-electron chi connectivity index (χ3n) is 5.49. The van der Waals surface area contributed by atoms with E-state index in [9.17, 15) is 14.4 Å². The van der Waals surface area contributed by atoms with Crippen LogP contribution in [0.3, 0.4) is 0 Å². The Morgan fingerprint density at radius 1 is 0.969 bits per heavy atom. The molecular formula is C24H22N2O6. The van der Waals surface area contributed by atoms with Crippen LogP contribution >= 0.6 is 0 Å². The van der Waals surface area contributed by atoms with Gasteiger partial charge < -0.3 is 13.9 Å². The van der Waals surface area contributed by atoms with E-state index in [4.69, 9.17) is 13.9 Å². The average Bonchev–Trinajstić information content (AvgIpc) is 3.19. The van der Waals surface area contributed by atoms with Crippen LogP contribution in [-0.2, 0) is 19.1 Å². The SMILES string of the molecule is COC(=O)[C@H]1C(c2coc3ccc(C)cc3c2=O)=NN(c2ccc(C)cc2)[C@@H]1C(=O)OC. The maximum absolute atomic E-state index is 13.3. The van der Waals surface area contributed by atoms with Crippen molar-refractivity contribution in [2.75, 3.05) is 19.2 Å².